The summed E-state index contributed by atoms with van der Waals surface area (Å²) in [4.78, 5) is 14.5. The van der Waals surface area contributed by atoms with E-state index in [1.165, 1.54) is 5.56 Å². The number of hydrogen-bond acceptors (Lipinski definition) is 4. The third-order valence-corrected chi connectivity index (χ3v) is 6.53. The monoisotopic (exact) mass is 369 g/mol. The Morgan fingerprint density at radius 1 is 1.19 bits per heavy atom. The van der Waals surface area contributed by atoms with Gasteiger partial charge in [0, 0.05) is 25.6 Å². The number of rotatable bonds is 2. The van der Waals surface area contributed by atoms with Crippen molar-refractivity contribution >= 4 is 11.6 Å². The van der Waals surface area contributed by atoms with Crippen molar-refractivity contribution in [1.29, 1.82) is 0 Å². The lowest BCUT2D eigenvalue weighted by Gasteiger charge is -2.45. The van der Waals surface area contributed by atoms with Crippen LogP contribution in [0.2, 0.25) is 0 Å². The molecule has 27 heavy (non-hydrogen) atoms. The van der Waals surface area contributed by atoms with E-state index in [4.69, 9.17) is 4.74 Å². The van der Waals surface area contributed by atoms with Crippen LogP contribution in [0, 0.1) is 5.41 Å². The summed E-state index contributed by atoms with van der Waals surface area (Å²) in [5.41, 5.74) is 5.58. The van der Waals surface area contributed by atoms with Crippen LogP contribution < -0.4 is 10.2 Å². The predicted octanol–water partition coefficient (Wildman–Crippen LogP) is 3.50. The standard InChI is InChI=1S/C22H31N3O2/c1-15(2)25-11-9-22(10-12-25)8-7-17-13-16(5-6-19(17)27-22)18-14-21(3,4)20(26)24-23-18/h5-6,13,15H,7-12,14H2,1-4H3,(H,24,26). The number of likely N-dealkylation sites (tertiary alicyclic amines) is 1. The van der Waals surface area contributed by atoms with Crippen molar-refractivity contribution in [3.8, 4) is 5.75 Å². The van der Waals surface area contributed by atoms with E-state index in [1.54, 1.807) is 0 Å². The predicted molar refractivity (Wildman–Crippen MR) is 107 cm³/mol. The summed E-state index contributed by atoms with van der Waals surface area (Å²) in [6.45, 7) is 10.7. The zero-order valence-electron chi connectivity index (χ0n) is 17.0. The Balaban J connectivity index is 1.50. The van der Waals surface area contributed by atoms with Gasteiger partial charge in [-0.3, -0.25) is 4.79 Å². The molecule has 0 aliphatic carbocycles. The van der Waals surface area contributed by atoms with Crippen LogP contribution in [0.5, 0.6) is 5.75 Å². The fourth-order valence-corrected chi connectivity index (χ4v) is 4.48. The molecule has 0 bridgehead atoms. The molecule has 3 aliphatic heterocycles. The lowest BCUT2D eigenvalue weighted by Crippen LogP contribution is -2.51. The molecule has 3 heterocycles. The fourth-order valence-electron chi connectivity index (χ4n) is 4.48. The van der Waals surface area contributed by atoms with Gasteiger partial charge in [-0.2, -0.15) is 5.10 Å². The molecule has 1 N–H and O–H groups in total. The molecule has 1 spiro atoms. The minimum Gasteiger partial charge on any atom is -0.487 e. The van der Waals surface area contributed by atoms with E-state index < -0.39 is 5.41 Å². The van der Waals surface area contributed by atoms with Crippen molar-refractivity contribution in [2.45, 2.75) is 71.4 Å². The average molecular weight is 370 g/mol. The van der Waals surface area contributed by atoms with E-state index in [9.17, 15) is 4.79 Å². The summed E-state index contributed by atoms with van der Waals surface area (Å²) in [7, 11) is 0. The van der Waals surface area contributed by atoms with Gasteiger partial charge in [0.05, 0.1) is 11.1 Å². The smallest absolute Gasteiger partial charge is 0.246 e. The molecule has 1 aromatic rings. The van der Waals surface area contributed by atoms with E-state index in [1.807, 2.05) is 13.8 Å². The molecule has 1 aromatic carbocycles. The molecule has 1 amide bonds. The van der Waals surface area contributed by atoms with Crippen molar-refractivity contribution in [3.05, 3.63) is 29.3 Å². The topological polar surface area (TPSA) is 53.9 Å². The van der Waals surface area contributed by atoms with E-state index in [0.29, 0.717) is 12.5 Å². The summed E-state index contributed by atoms with van der Waals surface area (Å²) < 4.78 is 6.55. The minimum atomic E-state index is -0.419. The van der Waals surface area contributed by atoms with Crippen LogP contribution in [0.15, 0.2) is 23.3 Å². The molecule has 146 valence electrons. The molecule has 0 atom stereocenters. The summed E-state index contributed by atoms with van der Waals surface area (Å²) in [6.07, 6.45) is 5.02. The zero-order chi connectivity index (χ0) is 19.2. The number of ether oxygens (including phenoxy) is 1. The first-order valence-corrected chi connectivity index (χ1v) is 10.2. The maximum absolute atomic E-state index is 11.9. The van der Waals surface area contributed by atoms with Gasteiger partial charge in [0.2, 0.25) is 5.91 Å². The number of benzene rings is 1. The molecule has 0 radical (unpaired) electrons. The molecule has 5 nitrogen and oxygen atoms in total. The van der Waals surface area contributed by atoms with Crippen LogP contribution in [0.25, 0.3) is 0 Å². The third kappa shape index (κ3) is 3.49. The number of nitrogens with zero attached hydrogens (tertiary/aromatic N) is 2. The van der Waals surface area contributed by atoms with Gasteiger partial charge in [-0.25, -0.2) is 5.43 Å². The van der Waals surface area contributed by atoms with Crippen molar-refractivity contribution < 1.29 is 9.53 Å². The molecule has 0 unspecified atom stereocenters. The third-order valence-electron chi connectivity index (χ3n) is 6.53. The Kier molecular flexibility index (Phi) is 4.53. The van der Waals surface area contributed by atoms with Gasteiger partial charge < -0.3 is 9.64 Å². The van der Waals surface area contributed by atoms with Crippen molar-refractivity contribution in [2.75, 3.05) is 13.1 Å². The van der Waals surface area contributed by atoms with E-state index >= 15 is 0 Å². The quantitative estimate of drug-likeness (QED) is 0.868. The fraction of sp³-hybridized carbons (Fsp3) is 0.636. The Morgan fingerprint density at radius 3 is 2.59 bits per heavy atom. The van der Waals surface area contributed by atoms with Crippen LogP contribution in [-0.2, 0) is 11.2 Å². The van der Waals surface area contributed by atoms with Crippen LogP contribution >= 0.6 is 0 Å². The number of carbonyl (C=O) groups excluding carboxylic acids is 1. The maximum atomic E-state index is 11.9. The first-order valence-electron chi connectivity index (χ1n) is 10.2. The Morgan fingerprint density at radius 2 is 1.93 bits per heavy atom. The van der Waals surface area contributed by atoms with Crippen LogP contribution in [0.3, 0.4) is 0 Å². The normalized spacial score (nSPS) is 24.2. The second-order valence-corrected chi connectivity index (χ2v) is 9.30. The lowest BCUT2D eigenvalue weighted by atomic mass is 9.81. The van der Waals surface area contributed by atoms with Crippen LogP contribution in [-0.4, -0.2) is 41.3 Å². The largest absolute Gasteiger partial charge is 0.487 e. The molecule has 0 saturated carbocycles. The van der Waals surface area contributed by atoms with Crippen molar-refractivity contribution in [2.24, 2.45) is 10.5 Å². The maximum Gasteiger partial charge on any atom is 0.246 e. The van der Waals surface area contributed by atoms with Gasteiger partial charge in [-0.15, -0.1) is 0 Å². The summed E-state index contributed by atoms with van der Waals surface area (Å²) in [5, 5.41) is 4.30. The van der Waals surface area contributed by atoms with Crippen LogP contribution in [0.4, 0.5) is 0 Å². The van der Waals surface area contributed by atoms with Crippen LogP contribution in [0.1, 0.15) is 64.5 Å². The highest BCUT2D eigenvalue weighted by Crippen LogP contribution is 2.40. The van der Waals surface area contributed by atoms with E-state index in [-0.39, 0.29) is 11.5 Å². The van der Waals surface area contributed by atoms with Gasteiger partial charge in [0.25, 0.3) is 0 Å². The minimum absolute atomic E-state index is 0.0118. The van der Waals surface area contributed by atoms with Gasteiger partial charge in [-0.1, -0.05) is 13.8 Å². The number of hydrogen-bond donors (Lipinski definition) is 1. The van der Waals surface area contributed by atoms with Crippen molar-refractivity contribution in [1.82, 2.24) is 10.3 Å². The molecule has 0 aromatic heterocycles. The van der Waals surface area contributed by atoms with Gasteiger partial charge >= 0.3 is 0 Å². The summed E-state index contributed by atoms with van der Waals surface area (Å²) in [5.74, 6) is 1.02. The highest BCUT2D eigenvalue weighted by atomic mass is 16.5. The average Bonchev–Trinajstić information content (AvgIpc) is 2.64. The van der Waals surface area contributed by atoms with Crippen molar-refractivity contribution in [3.63, 3.8) is 0 Å². The SMILES string of the molecule is CC(C)N1CCC2(CCc3cc(C4=NNC(=O)C(C)(C)C4)ccc3O2)CC1. The number of nitrogens with one attached hydrogen (secondary N) is 1. The molecule has 5 heteroatoms. The number of aryl methyl sites for hydroxylation is 1. The Labute approximate surface area is 162 Å². The zero-order valence-corrected chi connectivity index (χ0v) is 17.0. The first-order chi connectivity index (χ1) is 12.8. The highest BCUT2D eigenvalue weighted by Gasteiger charge is 2.40. The molecule has 3 aliphatic rings. The number of fused-ring (bicyclic) bond motifs is 1. The summed E-state index contributed by atoms with van der Waals surface area (Å²) in [6, 6.07) is 7.01. The van der Waals surface area contributed by atoms with E-state index in [0.717, 1.165) is 55.8 Å². The van der Waals surface area contributed by atoms with Gasteiger partial charge in [0.15, 0.2) is 0 Å². The second-order valence-electron chi connectivity index (χ2n) is 9.30. The number of piperidine rings is 1. The molecular formula is C22H31N3O2. The lowest BCUT2D eigenvalue weighted by molar-refractivity contribution is -0.129. The number of amides is 1. The Bertz CT molecular complexity index is 774. The molecular weight excluding hydrogens is 338 g/mol. The summed E-state index contributed by atoms with van der Waals surface area (Å²) >= 11 is 0. The van der Waals surface area contributed by atoms with E-state index in [2.05, 4.69) is 47.5 Å². The van der Waals surface area contributed by atoms with Gasteiger partial charge in [0.1, 0.15) is 11.4 Å². The number of hydrazone groups is 1. The number of carbonyl (C=O) groups is 1. The Hall–Kier alpha value is -1.88. The molecule has 1 saturated heterocycles. The highest BCUT2D eigenvalue weighted by molar-refractivity contribution is 6.06. The molecule has 4 rings (SSSR count). The second kappa shape index (κ2) is 6.62. The molecule has 1 fully saturated rings. The van der Waals surface area contributed by atoms with Gasteiger partial charge in [-0.05, 0) is 68.9 Å². The first kappa shape index (κ1) is 18.5.